The molecule has 0 radical (unpaired) electrons. The molecule has 0 N–H and O–H groups in total. The van der Waals surface area contributed by atoms with Gasteiger partial charge in [0.25, 0.3) is 5.91 Å². The van der Waals surface area contributed by atoms with Crippen LogP contribution in [0.4, 0.5) is 0 Å². The van der Waals surface area contributed by atoms with Crippen LogP contribution in [-0.2, 0) is 20.5 Å². The molecule has 0 aliphatic carbocycles. The molecule has 0 saturated carbocycles. The summed E-state index contributed by atoms with van der Waals surface area (Å²) in [5.74, 6) is 0.0222. The minimum Gasteiger partial charge on any atom is -0.414 e. The van der Waals surface area contributed by atoms with E-state index in [2.05, 4.69) is 52.9 Å². The topological polar surface area (TPSA) is 38.8 Å². The fourth-order valence-corrected chi connectivity index (χ4v) is 3.85. The SMILES string of the molecule is CC1(C)OCC(C)(CO[Si](C)(C)C(C)(C)C)N(Cc2ccccc2)C1=O. The number of carbonyl (C=O) groups excluding carboxylic acids is 1. The summed E-state index contributed by atoms with van der Waals surface area (Å²) in [6.07, 6.45) is 0. The van der Waals surface area contributed by atoms with Crippen LogP contribution < -0.4 is 0 Å². The van der Waals surface area contributed by atoms with Gasteiger partial charge in [-0.15, -0.1) is 0 Å². The van der Waals surface area contributed by atoms with Crippen LogP contribution in [0.2, 0.25) is 18.1 Å². The van der Waals surface area contributed by atoms with Crippen molar-refractivity contribution in [3.05, 3.63) is 35.9 Å². The zero-order chi connectivity index (χ0) is 19.8. The molecule has 1 aromatic rings. The lowest BCUT2D eigenvalue weighted by molar-refractivity contribution is -0.190. The molecular formula is C21H35NO3Si. The fourth-order valence-electron chi connectivity index (χ4n) is 2.75. The van der Waals surface area contributed by atoms with Gasteiger partial charge in [-0.25, -0.2) is 0 Å². The van der Waals surface area contributed by atoms with Gasteiger partial charge in [0.2, 0.25) is 0 Å². The second-order valence-corrected chi connectivity index (χ2v) is 14.5. The second-order valence-electron chi connectivity index (χ2n) is 9.72. The molecule has 5 heteroatoms. The van der Waals surface area contributed by atoms with Crippen molar-refractivity contribution in [2.45, 2.75) is 77.4 Å². The van der Waals surface area contributed by atoms with Gasteiger partial charge < -0.3 is 14.1 Å². The summed E-state index contributed by atoms with van der Waals surface area (Å²) in [4.78, 5) is 15.1. The van der Waals surface area contributed by atoms with Crippen molar-refractivity contribution in [3.8, 4) is 0 Å². The number of hydrogen-bond donors (Lipinski definition) is 0. The fraction of sp³-hybridized carbons (Fsp3) is 0.667. The number of carbonyl (C=O) groups is 1. The number of morpholine rings is 1. The van der Waals surface area contributed by atoms with Gasteiger partial charge in [-0.1, -0.05) is 51.1 Å². The molecule has 1 atom stereocenters. The average Bonchev–Trinajstić information content (AvgIpc) is 2.54. The van der Waals surface area contributed by atoms with Crippen molar-refractivity contribution < 1.29 is 14.0 Å². The third-order valence-corrected chi connectivity index (χ3v) is 10.4. The zero-order valence-corrected chi connectivity index (χ0v) is 18.7. The summed E-state index contributed by atoms with van der Waals surface area (Å²) in [6.45, 7) is 18.5. The minimum atomic E-state index is -1.91. The Morgan fingerprint density at radius 1 is 1.15 bits per heavy atom. The van der Waals surface area contributed by atoms with Gasteiger partial charge in [0.15, 0.2) is 8.32 Å². The molecule has 1 aliphatic heterocycles. The van der Waals surface area contributed by atoms with Crippen LogP contribution in [0.15, 0.2) is 30.3 Å². The van der Waals surface area contributed by atoms with E-state index in [4.69, 9.17) is 9.16 Å². The van der Waals surface area contributed by atoms with Gasteiger partial charge >= 0.3 is 0 Å². The van der Waals surface area contributed by atoms with E-state index >= 15 is 0 Å². The van der Waals surface area contributed by atoms with Crippen molar-refractivity contribution in [2.75, 3.05) is 13.2 Å². The first-order valence-electron chi connectivity index (χ1n) is 9.42. The molecule has 1 aliphatic rings. The molecule has 4 nitrogen and oxygen atoms in total. The number of ether oxygens (including phenoxy) is 1. The molecule has 1 aromatic carbocycles. The molecule has 1 amide bonds. The molecule has 26 heavy (non-hydrogen) atoms. The van der Waals surface area contributed by atoms with Gasteiger partial charge in [0.1, 0.15) is 5.60 Å². The van der Waals surface area contributed by atoms with Gasteiger partial charge in [0.05, 0.1) is 18.8 Å². The summed E-state index contributed by atoms with van der Waals surface area (Å²) in [6, 6.07) is 10.1. The first-order chi connectivity index (χ1) is 11.8. The minimum absolute atomic E-state index is 0.0222. The van der Waals surface area contributed by atoms with Crippen LogP contribution >= 0.6 is 0 Å². The quantitative estimate of drug-likeness (QED) is 0.704. The number of amides is 1. The lowest BCUT2D eigenvalue weighted by atomic mass is 9.93. The van der Waals surface area contributed by atoms with Crippen LogP contribution in [0.25, 0.3) is 0 Å². The highest BCUT2D eigenvalue weighted by Crippen LogP contribution is 2.38. The lowest BCUT2D eigenvalue weighted by Gasteiger charge is -2.51. The van der Waals surface area contributed by atoms with E-state index in [1.807, 2.05) is 36.9 Å². The molecular weight excluding hydrogens is 342 g/mol. The molecule has 2 rings (SSSR count). The lowest BCUT2D eigenvalue weighted by Crippen LogP contribution is -2.66. The van der Waals surface area contributed by atoms with Crippen molar-refractivity contribution in [2.24, 2.45) is 0 Å². The largest absolute Gasteiger partial charge is 0.414 e. The molecule has 1 saturated heterocycles. The molecule has 0 spiro atoms. The first-order valence-corrected chi connectivity index (χ1v) is 12.3. The Balaban J connectivity index is 2.26. The van der Waals surface area contributed by atoms with Crippen molar-refractivity contribution in [1.82, 2.24) is 4.90 Å². The van der Waals surface area contributed by atoms with Crippen LogP contribution in [0.3, 0.4) is 0 Å². The van der Waals surface area contributed by atoms with E-state index in [1.165, 1.54) is 0 Å². The zero-order valence-electron chi connectivity index (χ0n) is 17.7. The molecule has 1 heterocycles. The van der Waals surface area contributed by atoms with Crippen LogP contribution in [-0.4, -0.2) is 43.5 Å². The predicted molar refractivity (Wildman–Crippen MR) is 109 cm³/mol. The highest BCUT2D eigenvalue weighted by molar-refractivity contribution is 6.74. The van der Waals surface area contributed by atoms with E-state index in [1.54, 1.807) is 0 Å². The Bertz CT molecular complexity index is 636. The molecule has 146 valence electrons. The monoisotopic (exact) mass is 377 g/mol. The molecule has 1 unspecified atom stereocenters. The van der Waals surface area contributed by atoms with Gasteiger partial charge in [0, 0.05) is 6.54 Å². The van der Waals surface area contributed by atoms with E-state index < -0.39 is 19.5 Å². The van der Waals surface area contributed by atoms with Crippen LogP contribution in [0.1, 0.15) is 47.1 Å². The smallest absolute Gasteiger partial charge is 0.255 e. The highest BCUT2D eigenvalue weighted by Gasteiger charge is 2.49. The number of benzene rings is 1. The maximum absolute atomic E-state index is 13.1. The van der Waals surface area contributed by atoms with Gasteiger partial charge in [-0.2, -0.15) is 0 Å². The summed E-state index contributed by atoms with van der Waals surface area (Å²) in [5, 5.41) is 0.131. The summed E-state index contributed by atoms with van der Waals surface area (Å²) in [7, 11) is -1.91. The summed E-state index contributed by atoms with van der Waals surface area (Å²) >= 11 is 0. The maximum Gasteiger partial charge on any atom is 0.255 e. The first kappa shape index (κ1) is 21.1. The molecule has 0 aromatic heterocycles. The number of nitrogens with zero attached hydrogens (tertiary/aromatic N) is 1. The van der Waals surface area contributed by atoms with Crippen LogP contribution in [0, 0.1) is 0 Å². The highest BCUT2D eigenvalue weighted by atomic mass is 28.4. The van der Waals surface area contributed by atoms with Crippen molar-refractivity contribution in [3.63, 3.8) is 0 Å². The Hall–Kier alpha value is -1.17. The maximum atomic E-state index is 13.1. The Labute approximate surface area is 160 Å². The third kappa shape index (κ3) is 4.38. The summed E-state index contributed by atoms with van der Waals surface area (Å²) < 4.78 is 12.4. The van der Waals surface area contributed by atoms with E-state index in [0.717, 1.165) is 5.56 Å². The van der Waals surface area contributed by atoms with E-state index in [0.29, 0.717) is 19.8 Å². The van der Waals surface area contributed by atoms with E-state index in [9.17, 15) is 4.79 Å². The van der Waals surface area contributed by atoms with Crippen molar-refractivity contribution in [1.29, 1.82) is 0 Å². The van der Waals surface area contributed by atoms with Crippen LogP contribution in [0.5, 0.6) is 0 Å². The number of rotatable bonds is 5. The van der Waals surface area contributed by atoms with Crippen molar-refractivity contribution >= 4 is 14.2 Å². The van der Waals surface area contributed by atoms with Gasteiger partial charge in [-0.3, -0.25) is 4.79 Å². The predicted octanol–water partition coefficient (Wildman–Crippen LogP) is 4.60. The Kier molecular flexibility index (Phi) is 5.77. The normalized spacial score (nSPS) is 24.0. The Morgan fingerprint density at radius 3 is 2.27 bits per heavy atom. The van der Waals surface area contributed by atoms with Gasteiger partial charge in [-0.05, 0) is 44.5 Å². The third-order valence-electron chi connectivity index (χ3n) is 5.89. The van der Waals surface area contributed by atoms with E-state index in [-0.39, 0.29) is 10.9 Å². The average molecular weight is 378 g/mol. The second kappa shape index (κ2) is 7.10. The molecule has 0 bridgehead atoms. The Morgan fingerprint density at radius 2 is 1.73 bits per heavy atom. The standard InChI is InChI=1S/C21H35NO3Si/c1-19(2,3)26(7,8)25-16-21(6)15-24-20(4,5)18(23)22(21)14-17-12-10-9-11-13-17/h9-13H,14-16H2,1-8H3. The number of hydrogen-bond acceptors (Lipinski definition) is 3. The molecule has 1 fully saturated rings. The summed E-state index contributed by atoms with van der Waals surface area (Å²) in [5.41, 5.74) is -0.152.